The number of rotatable bonds is 4. The fraction of sp³-hybridized carbons (Fsp3) is 0.412. The van der Waals surface area contributed by atoms with Gasteiger partial charge in [-0.15, -0.1) is 0 Å². The zero-order chi connectivity index (χ0) is 16.2. The Morgan fingerprint density at radius 1 is 1.13 bits per heavy atom. The van der Waals surface area contributed by atoms with E-state index in [9.17, 15) is 0 Å². The zero-order valence-corrected chi connectivity index (χ0v) is 14.3. The summed E-state index contributed by atoms with van der Waals surface area (Å²) in [6, 6.07) is 7.57. The molecule has 0 N–H and O–H groups in total. The Labute approximate surface area is 141 Å². The maximum Gasteiger partial charge on any atom is 0.224 e. The van der Waals surface area contributed by atoms with Crippen molar-refractivity contribution in [1.82, 2.24) is 14.9 Å². The van der Waals surface area contributed by atoms with Crippen LogP contribution >= 0.6 is 11.6 Å². The van der Waals surface area contributed by atoms with Gasteiger partial charge in [0.25, 0.3) is 0 Å². The van der Waals surface area contributed by atoms with Crippen molar-refractivity contribution in [2.24, 2.45) is 0 Å². The number of hydrogen-bond acceptors (Lipinski definition) is 5. The molecule has 2 heterocycles. The Morgan fingerprint density at radius 3 is 2.65 bits per heavy atom. The molecule has 0 bridgehead atoms. The fourth-order valence-corrected chi connectivity index (χ4v) is 2.81. The smallest absolute Gasteiger partial charge is 0.224 e. The summed E-state index contributed by atoms with van der Waals surface area (Å²) in [4.78, 5) is 13.3. The number of aromatic nitrogens is 2. The highest BCUT2D eigenvalue weighted by atomic mass is 35.5. The quantitative estimate of drug-likeness (QED) is 0.858. The number of ether oxygens (including phenoxy) is 1. The normalized spacial score (nSPS) is 15.7. The molecule has 1 aromatic carbocycles. The summed E-state index contributed by atoms with van der Waals surface area (Å²) >= 11 is 6.18. The second-order valence-electron chi connectivity index (χ2n) is 5.67. The van der Waals surface area contributed by atoms with Gasteiger partial charge in [0.2, 0.25) is 5.88 Å². The molecule has 1 aliphatic heterocycles. The molecule has 0 atom stereocenters. The average molecular weight is 333 g/mol. The second kappa shape index (κ2) is 7.15. The van der Waals surface area contributed by atoms with Crippen LogP contribution in [0.25, 0.3) is 0 Å². The van der Waals surface area contributed by atoms with Crippen LogP contribution in [0, 0.1) is 6.92 Å². The van der Waals surface area contributed by atoms with Gasteiger partial charge in [-0.2, -0.15) is 0 Å². The standard InChI is InChI=1S/C17H21ClN4O/c1-3-21-6-8-22(9-7-21)16-11-17(20-12-19-16)23-15-10-13(2)4-5-14(15)18/h4-5,10-12H,3,6-9H2,1-2H3. The molecule has 5 nitrogen and oxygen atoms in total. The third-order valence-corrected chi connectivity index (χ3v) is 4.38. The molecule has 1 aromatic heterocycles. The Kier molecular flexibility index (Phi) is 4.98. The first-order valence-corrected chi connectivity index (χ1v) is 8.27. The molecule has 122 valence electrons. The van der Waals surface area contributed by atoms with E-state index in [-0.39, 0.29) is 0 Å². The van der Waals surface area contributed by atoms with Gasteiger partial charge >= 0.3 is 0 Å². The summed E-state index contributed by atoms with van der Waals surface area (Å²) in [5.74, 6) is 2.03. The van der Waals surface area contributed by atoms with Crippen LogP contribution in [0.5, 0.6) is 11.6 Å². The van der Waals surface area contributed by atoms with Crippen LogP contribution in [-0.4, -0.2) is 47.6 Å². The molecule has 0 aliphatic carbocycles. The first-order valence-electron chi connectivity index (χ1n) is 7.89. The zero-order valence-electron chi connectivity index (χ0n) is 13.5. The van der Waals surface area contributed by atoms with Crippen molar-refractivity contribution >= 4 is 17.4 Å². The Bertz CT molecular complexity index is 671. The lowest BCUT2D eigenvalue weighted by molar-refractivity contribution is 0.270. The van der Waals surface area contributed by atoms with Crippen LogP contribution in [0.2, 0.25) is 5.02 Å². The molecule has 0 saturated carbocycles. The van der Waals surface area contributed by atoms with E-state index in [2.05, 4.69) is 26.7 Å². The Morgan fingerprint density at radius 2 is 1.91 bits per heavy atom. The van der Waals surface area contributed by atoms with E-state index in [0.29, 0.717) is 16.7 Å². The summed E-state index contributed by atoms with van der Waals surface area (Å²) in [7, 11) is 0. The second-order valence-corrected chi connectivity index (χ2v) is 6.08. The molecule has 1 saturated heterocycles. The van der Waals surface area contributed by atoms with Crippen LogP contribution in [0.3, 0.4) is 0 Å². The van der Waals surface area contributed by atoms with E-state index < -0.39 is 0 Å². The molecule has 2 aromatic rings. The minimum absolute atomic E-state index is 0.514. The predicted octanol–water partition coefficient (Wildman–Crippen LogP) is 3.37. The fourth-order valence-electron chi connectivity index (χ4n) is 2.65. The first-order chi connectivity index (χ1) is 11.2. The van der Waals surface area contributed by atoms with E-state index in [0.717, 1.165) is 44.1 Å². The Hall–Kier alpha value is -1.85. The van der Waals surface area contributed by atoms with Crippen molar-refractivity contribution in [2.75, 3.05) is 37.6 Å². The Balaban J connectivity index is 1.74. The molecule has 23 heavy (non-hydrogen) atoms. The number of hydrogen-bond donors (Lipinski definition) is 0. The predicted molar refractivity (Wildman–Crippen MR) is 92.6 cm³/mol. The van der Waals surface area contributed by atoms with Crippen LogP contribution in [-0.2, 0) is 0 Å². The van der Waals surface area contributed by atoms with Crippen LogP contribution in [0.15, 0.2) is 30.6 Å². The topological polar surface area (TPSA) is 41.5 Å². The number of piperazine rings is 1. The van der Waals surface area contributed by atoms with Gasteiger partial charge in [-0.25, -0.2) is 9.97 Å². The molecule has 3 rings (SSSR count). The van der Waals surface area contributed by atoms with Gasteiger partial charge in [-0.3, -0.25) is 0 Å². The molecule has 6 heteroatoms. The molecule has 0 unspecified atom stereocenters. The summed E-state index contributed by atoms with van der Waals surface area (Å²) in [5.41, 5.74) is 1.09. The lowest BCUT2D eigenvalue weighted by Gasteiger charge is -2.34. The lowest BCUT2D eigenvalue weighted by atomic mass is 10.2. The largest absolute Gasteiger partial charge is 0.437 e. The maximum atomic E-state index is 6.18. The molecule has 0 spiro atoms. The summed E-state index contributed by atoms with van der Waals surface area (Å²) in [6.45, 7) is 9.34. The van der Waals surface area contributed by atoms with Gasteiger partial charge in [-0.05, 0) is 31.2 Å². The van der Waals surface area contributed by atoms with Gasteiger partial charge < -0.3 is 14.5 Å². The SMILES string of the molecule is CCN1CCN(c2cc(Oc3cc(C)ccc3Cl)ncn2)CC1. The summed E-state index contributed by atoms with van der Waals surface area (Å²) in [6.07, 6.45) is 1.54. The highest BCUT2D eigenvalue weighted by molar-refractivity contribution is 6.32. The van der Waals surface area contributed by atoms with E-state index in [1.807, 2.05) is 31.2 Å². The molecule has 1 fully saturated rings. The monoisotopic (exact) mass is 332 g/mol. The van der Waals surface area contributed by atoms with E-state index >= 15 is 0 Å². The van der Waals surface area contributed by atoms with Gasteiger partial charge in [0.15, 0.2) is 0 Å². The molecule has 0 radical (unpaired) electrons. The van der Waals surface area contributed by atoms with Crippen molar-refractivity contribution in [2.45, 2.75) is 13.8 Å². The number of halogens is 1. The minimum Gasteiger partial charge on any atom is -0.437 e. The van der Waals surface area contributed by atoms with Gasteiger partial charge in [0.05, 0.1) is 5.02 Å². The highest BCUT2D eigenvalue weighted by Crippen LogP contribution is 2.30. The van der Waals surface area contributed by atoms with Crippen molar-refractivity contribution in [3.8, 4) is 11.6 Å². The average Bonchev–Trinajstić information content (AvgIpc) is 2.58. The molecular weight excluding hydrogens is 312 g/mol. The summed E-state index contributed by atoms with van der Waals surface area (Å²) < 4.78 is 5.84. The van der Waals surface area contributed by atoms with Crippen molar-refractivity contribution in [3.05, 3.63) is 41.2 Å². The number of nitrogens with zero attached hydrogens (tertiary/aromatic N) is 4. The van der Waals surface area contributed by atoms with Crippen LogP contribution < -0.4 is 9.64 Å². The van der Waals surface area contributed by atoms with E-state index in [1.165, 1.54) is 0 Å². The van der Waals surface area contributed by atoms with Gasteiger partial charge in [0, 0.05) is 32.2 Å². The van der Waals surface area contributed by atoms with Crippen LogP contribution in [0.4, 0.5) is 5.82 Å². The molecule has 0 amide bonds. The van der Waals surface area contributed by atoms with Gasteiger partial charge in [-0.1, -0.05) is 24.6 Å². The first kappa shape index (κ1) is 16.0. The van der Waals surface area contributed by atoms with E-state index in [4.69, 9.17) is 16.3 Å². The third kappa shape index (κ3) is 3.92. The highest BCUT2D eigenvalue weighted by Gasteiger charge is 2.17. The molecule has 1 aliphatic rings. The van der Waals surface area contributed by atoms with Crippen molar-refractivity contribution in [3.63, 3.8) is 0 Å². The van der Waals surface area contributed by atoms with Gasteiger partial charge in [0.1, 0.15) is 17.9 Å². The summed E-state index contributed by atoms with van der Waals surface area (Å²) in [5, 5.41) is 0.576. The van der Waals surface area contributed by atoms with Crippen LogP contribution in [0.1, 0.15) is 12.5 Å². The number of likely N-dealkylation sites (N-methyl/N-ethyl adjacent to an activating group) is 1. The lowest BCUT2D eigenvalue weighted by Crippen LogP contribution is -2.46. The number of aryl methyl sites for hydroxylation is 1. The number of anilines is 1. The number of benzene rings is 1. The van der Waals surface area contributed by atoms with Crippen molar-refractivity contribution < 1.29 is 4.74 Å². The van der Waals surface area contributed by atoms with E-state index in [1.54, 1.807) is 6.33 Å². The minimum atomic E-state index is 0.514. The third-order valence-electron chi connectivity index (χ3n) is 4.07. The molecular formula is C17H21ClN4O. The maximum absolute atomic E-state index is 6.18. The van der Waals surface area contributed by atoms with Crippen molar-refractivity contribution in [1.29, 1.82) is 0 Å².